The molecule has 1 aromatic rings. The van der Waals surface area contributed by atoms with Crippen LogP contribution in [0.25, 0.3) is 0 Å². The lowest BCUT2D eigenvalue weighted by atomic mass is 9.95. The van der Waals surface area contributed by atoms with Gasteiger partial charge in [-0.25, -0.2) is 4.79 Å². The van der Waals surface area contributed by atoms with Crippen LogP contribution in [-0.4, -0.2) is 46.1 Å². The Morgan fingerprint density at radius 1 is 1.04 bits per heavy atom. The number of hydrogen-bond donors (Lipinski definition) is 0. The van der Waals surface area contributed by atoms with Crippen LogP contribution in [-0.2, 0) is 18.9 Å². The van der Waals surface area contributed by atoms with Gasteiger partial charge in [0.2, 0.25) is 5.91 Å². The second kappa shape index (κ2) is 6.75. The topological polar surface area (TPSA) is 91.3 Å². The normalized spacial score (nSPS) is 18.4. The molecule has 2 fully saturated rings. The SMILES string of the molecule is Cn1c(N2CCC(C(=O)N3CCCC3)CC2)c(C#N)c(=O)n(C)c1=O. The number of piperidine rings is 1. The van der Waals surface area contributed by atoms with Crippen molar-refractivity contribution >= 4 is 11.7 Å². The smallest absolute Gasteiger partial charge is 0.332 e. The van der Waals surface area contributed by atoms with E-state index in [4.69, 9.17) is 0 Å². The van der Waals surface area contributed by atoms with Crippen LogP contribution in [0.1, 0.15) is 31.2 Å². The second-order valence-corrected chi connectivity index (χ2v) is 6.81. The third-order valence-corrected chi connectivity index (χ3v) is 5.31. The molecule has 3 rings (SSSR count). The number of rotatable bonds is 2. The molecule has 0 radical (unpaired) electrons. The van der Waals surface area contributed by atoms with Gasteiger partial charge in [-0.1, -0.05) is 0 Å². The highest BCUT2D eigenvalue weighted by Gasteiger charge is 2.31. The summed E-state index contributed by atoms with van der Waals surface area (Å²) in [5, 5.41) is 9.39. The molecule has 0 unspecified atom stereocenters. The highest BCUT2D eigenvalue weighted by Crippen LogP contribution is 2.26. The third kappa shape index (κ3) is 2.95. The predicted octanol–water partition coefficient (Wildman–Crippen LogP) is -0.206. The molecule has 0 spiro atoms. The molecule has 2 aliphatic heterocycles. The minimum absolute atomic E-state index is 0.0107. The molecule has 2 aliphatic rings. The first-order valence-corrected chi connectivity index (χ1v) is 8.69. The molecule has 0 saturated carbocycles. The molecule has 8 nitrogen and oxygen atoms in total. The van der Waals surface area contributed by atoms with Crippen LogP contribution >= 0.6 is 0 Å². The molecule has 1 aromatic heterocycles. The Morgan fingerprint density at radius 3 is 2.20 bits per heavy atom. The average molecular weight is 345 g/mol. The maximum atomic E-state index is 12.5. The quantitative estimate of drug-likeness (QED) is 0.740. The van der Waals surface area contributed by atoms with Gasteiger partial charge in [-0.15, -0.1) is 0 Å². The maximum Gasteiger partial charge on any atom is 0.332 e. The maximum absolute atomic E-state index is 12.5. The Morgan fingerprint density at radius 2 is 1.64 bits per heavy atom. The Hall–Kier alpha value is -2.56. The molecular weight excluding hydrogens is 322 g/mol. The second-order valence-electron chi connectivity index (χ2n) is 6.81. The van der Waals surface area contributed by atoms with E-state index in [1.165, 1.54) is 11.6 Å². The van der Waals surface area contributed by atoms with E-state index < -0.39 is 11.2 Å². The Kier molecular flexibility index (Phi) is 4.66. The summed E-state index contributed by atoms with van der Waals surface area (Å²) in [6.07, 6.45) is 3.49. The van der Waals surface area contributed by atoms with Gasteiger partial charge in [-0.3, -0.25) is 18.7 Å². The fourth-order valence-corrected chi connectivity index (χ4v) is 3.84. The highest BCUT2D eigenvalue weighted by atomic mass is 16.2. The van der Waals surface area contributed by atoms with Gasteiger partial charge < -0.3 is 9.80 Å². The van der Waals surface area contributed by atoms with Crippen molar-refractivity contribution in [2.75, 3.05) is 31.1 Å². The van der Waals surface area contributed by atoms with Crippen molar-refractivity contribution in [3.8, 4) is 6.07 Å². The number of hydrogen-bond acceptors (Lipinski definition) is 5. The first-order valence-electron chi connectivity index (χ1n) is 8.69. The Bertz CT molecular complexity index is 834. The molecule has 3 heterocycles. The van der Waals surface area contributed by atoms with Gasteiger partial charge in [0.05, 0.1) is 0 Å². The van der Waals surface area contributed by atoms with E-state index in [-0.39, 0.29) is 17.4 Å². The zero-order valence-corrected chi connectivity index (χ0v) is 14.7. The number of nitriles is 1. The zero-order valence-electron chi connectivity index (χ0n) is 14.7. The largest absolute Gasteiger partial charge is 0.357 e. The van der Waals surface area contributed by atoms with E-state index in [2.05, 4.69) is 0 Å². The van der Waals surface area contributed by atoms with Crippen LogP contribution < -0.4 is 16.1 Å². The molecule has 0 bridgehead atoms. The lowest BCUT2D eigenvalue weighted by molar-refractivity contribution is -0.135. The lowest BCUT2D eigenvalue weighted by Crippen LogP contribution is -2.46. The molecule has 1 amide bonds. The van der Waals surface area contributed by atoms with Gasteiger partial charge >= 0.3 is 5.69 Å². The number of likely N-dealkylation sites (tertiary alicyclic amines) is 1. The van der Waals surface area contributed by atoms with Crippen molar-refractivity contribution in [1.29, 1.82) is 5.26 Å². The van der Waals surface area contributed by atoms with Gasteiger partial charge in [0.15, 0.2) is 5.56 Å². The number of carbonyl (C=O) groups is 1. The number of anilines is 1. The van der Waals surface area contributed by atoms with Crippen LogP contribution in [0.2, 0.25) is 0 Å². The van der Waals surface area contributed by atoms with Gasteiger partial charge in [-0.05, 0) is 25.7 Å². The molecule has 0 aromatic carbocycles. The summed E-state index contributed by atoms with van der Waals surface area (Å²) in [4.78, 5) is 40.8. The minimum atomic E-state index is -0.573. The molecule has 134 valence electrons. The van der Waals surface area contributed by atoms with E-state index >= 15 is 0 Å². The van der Waals surface area contributed by atoms with Crippen molar-refractivity contribution < 1.29 is 4.79 Å². The third-order valence-electron chi connectivity index (χ3n) is 5.31. The van der Waals surface area contributed by atoms with Crippen LogP contribution in [0.5, 0.6) is 0 Å². The van der Waals surface area contributed by atoms with Gasteiger partial charge in [0, 0.05) is 46.2 Å². The number of aromatic nitrogens is 2. The van der Waals surface area contributed by atoms with E-state index in [9.17, 15) is 19.6 Å². The summed E-state index contributed by atoms with van der Waals surface area (Å²) in [6.45, 7) is 2.81. The summed E-state index contributed by atoms with van der Waals surface area (Å²) in [5.41, 5.74) is -1.04. The van der Waals surface area contributed by atoms with Crippen LogP contribution in [0.3, 0.4) is 0 Å². The number of carbonyl (C=O) groups excluding carboxylic acids is 1. The first kappa shape index (κ1) is 17.3. The predicted molar refractivity (Wildman–Crippen MR) is 92.4 cm³/mol. The minimum Gasteiger partial charge on any atom is -0.357 e. The van der Waals surface area contributed by atoms with Gasteiger partial charge in [-0.2, -0.15) is 5.26 Å². The lowest BCUT2D eigenvalue weighted by Gasteiger charge is -2.35. The Balaban J connectivity index is 1.82. The van der Waals surface area contributed by atoms with E-state index in [1.54, 1.807) is 7.05 Å². The van der Waals surface area contributed by atoms with Crippen molar-refractivity contribution in [3.63, 3.8) is 0 Å². The fraction of sp³-hybridized carbons (Fsp3) is 0.647. The molecule has 8 heteroatoms. The average Bonchev–Trinajstić information content (AvgIpc) is 3.17. The number of amides is 1. The van der Waals surface area contributed by atoms with Crippen LogP contribution in [0, 0.1) is 17.2 Å². The molecular formula is C17H23N5O3. The molecule has 2 saturated heterocycles. The van der Waals surface area contributed by atoms with Crippen LogP contribution in [0.4, 0.5) is 5.82 Å². The standard InChI is InChI=1S/C17H23N5O3/c1-19-14(13(11-18)16(24)20(2)17(19)25)21-9-5-12(6-10-21)15(23)22-7-3-4-8-22/h12H,3-10H2,1-2H3. The summed E-state index contributed by atoms with van der Waals surface area (Å²) in [7, 11) is 2.94. The number of nitrogens with zero attached hydrogens (tertiary/aromatic N) is 5. The molecule has 0 atom stereocenters. The van der Waals surface area contributed by atoms with Crippen LogP contribution in [0.15, 0.2) is 9.59 Å². The summed E-state index contributed by atoms with van der Waals surface area (Å²) in [6, 6.07) is 1.94. The van der Waals surface area contributed by atoms with E-state index in [1.807, 2.05) is 15.9 Å². The monoisotopic (exact) mass is 345 g/mol. The van der Waals surface area contributed by atoms with Crippen molar-refractivity contribution in [2.24, 2.45) is 20.0 Å². The van der Waals surface area contributed by atoms with Crippen molar-refractivity contribution in [1.82, 2.24) is 14.0 Å². The zero-order chi connectivity index (χ0) is 18.1. The van der Waals surface area contributed by atoms with E-state index in [0.717, 1.165) is 30.5 Å². The van der Waals surface area contributed by atoms with Gasteiger partial charge in [0.25, 0.3) is 5.56 Å². The Labute approximate surface area is 145 Å². The summed E-state index contributed by atoms with van der Waals surface area (Å²) >= 11 is 0. The molecule has 0 aliphatic carbocycles. The van der Waals surface area contributed by atoms with Crippen molar-refractivity contribution in [3.05, 3.63) is 26.4 Å². The molecule has 25 heavy (non-hydrogen) atoms. The van der Waals surface area contributed by atoms with E-state index in [0.29, 0.717) is 31.7 Å². The fourth-order valence-electron chi connectivity index (χ4n) is 3.84. The molecule has 0 N–H and O–H groups in total. The van der Waals surface area contributed by atoms with Crippen molar-refractivity contribution in [2.45, 2.75) is 25.7 Å². The highest BCUT2D eigenvalue weighted by molar-refractivity contribution is 5.79. The summed E-state index contributed by atoms with van der Waals surface area (Å²) in [5.74, 6) is 0.571. The summed E-state index contributed by atoms with van der Waals surface area (Å²) < 4.78 is 2.30. The van der Waals surface area contributed by atoms with Gasteiger partial charge in [0.1, 0.15) is 11.9 Å². The first-order chi connectivity index (χ1) is 12.0.